The van der Waals surface area contributed by atoms with Crippen LogP contribution in [0.4, 0.5) is 0 Å². The number of nitrogens with one attached hydrogen (secondary N) is 1. The molecule has 0 aliphatic carbocycles. The number of aromatic nitrogens is 2. The summed E-state index contributed by atoms with van der Waals surface area (Å²) < 4.78 is 0. The first-order valence-corrected chi connectivity index (χ1v) is 7.08. The molecule has 0 aliphatic heterocycles. The zero-order chi connectivity index (χ0) is 11.4. The lowest BCUT2D eigenvalue weighted by Crippen LogP contribution is -2.24. The highest BCUT2D eigenvalue weighted by atomic mass is 32.1. The molecule has 0 aromatic carbocycles. The van der Waals surface area contributed by atoms with Gasteiger partial charge in [-0.1, -0.05) is 13.8 Å². The zero-order valence-corrected chi connectivity index (χ0v) is 11.1. The Balaban J connectivity index is 1.93. The van der Waals surface area contributed by atoms with E-state index < -0.39 is 0 Å². The topological polar surface area (TPSA) is 37.8 Å². The standard InChI is InChI=1S/C11H15N3S2/c1-8(2)13-4-3-9-6-15-11(14-9)10-5-12-7-16-10/h5-8,13H,3-4H2,1-2H3. The van der Waals surface area contributed by atoms with Crippen molar-refractivity contribution in [2.75, 3.05) is 6.54 Å². The van der Waals surface area contributed by atoms with E-state index in [1.54, 1.807) is 22.7 Å². The van der Waals surface area contributed by atoms with Crippen LogP contribution in [0.2, 0.25) is 0 Å². The molecule has 3 nitrogen and oxygen atoms in total. The molecule has 0 saturated heterocycles. The lowest BCUT2D eigenvalue weighted by atomic mass is 10.3. The fraction of sp³-hybridized carbons (Fsp3) is 0.455. The van der Waals surface area contributed by atoms with E-state index in [-0.39, 0.29) is 0 Å². The maximum atomic E-state index is 4.60. The van der Waals surface area contributed by atoms with Crippen LogP contribution in [0.15, 0.2) is 17.1 Å². The summed E-state index contributed by atoms with van der Waals surface area (Å²) in [6.07, 6.45) is 2.87. The van der Waals surface area contributed by atoms with E-state index in [2.05, 4.69) is 34.5 Å². The van der Waals surface area contributed by atoms with Crippen molar-refractivity contribution in [1.82, 2.24) is 15.3 Å². The average molecular weight is 253 g/mol. The van der Waals surface area contributed by atoms with E-state index in [1.807, 2.05) is 11.7 Å². The third-order valence-corrected chi connectivity index (χ3v) is 3.96. The van der Waals surface area contributed by atoms with E-state index in [0.29, 0.717) is 6.04 Å². The minimum absolute atomic E-state index is 0.541. The van der Waals surface area contributed by atoms with Crippen molar-refractivity contribution in [3.05, 3.63) is 22.8 Å². The molecular formula is C11H15N3S2. The molecule has 16 heavy (non-hydrogen) atoms. The van der Waals surface area contributed by atoms with Crippen LogP contribution in [0.5, 0.6) is 0 Å². The molecule has 2 rings (SSSR count). The quantitative estimate of drug-likeness (QED) is 0.890. The summed E-state index contributed by atoms with van der Waals surface area (Å²) in [7, 11) is 0. The van der Waals surface area contributed by atoms with Gasteiger partial charge in [-0.05, 0) is 0 Å². The first kappa shape index (κ1) is 11.7. The highest BCUT2D eigenvalue weighted by Gasteiger charge is 2.05. The SMILES string of the molecule is CC(C)NCCc1csc(-c2cncs2)n1. The van der Waals surface area contributed by atoms with Crippen LogP contribution in [0.25, 0.3) is 9.88 Å². The highest BCUT2D eigenvalue weighted by Crippen LogP contribution is 2.26. The lowest BCUT2D eigenvalue weighted by Gasteiger charge is -2.05. The maximum absolute atomic E-state index is 4.60. The Morgan fingerprint density at radius 3 is 2.94 bits per heavy atom. The van der Waals surface area contributed by atoms with Crippen molar-refractivity contribution < 1.29 is 0 Å². The van der Waals surface area contributed by atoms with Crippen molar-refractivity contribution in [2.45, 2.75) is 26.3 Å². The summed E-state index contributed by atoms with van der Waals surface area (Å²) in [4.78, 5) is 9.82. The first-order valence-electron chi connectivity index (χ1n) is 5.32. The molecular weight excluding hydrogens is 238 g/mol. The molecule has 0 fully saturated rings. The van der Waals surface area contributed by atoms with Gasteiger partial charge in [0.25, 0.3) is 0 Å². The van der Waals surface area contributed by atoms with Gasteiger partial charge in [0.2, 0.25) is 0 Å². The first-order chi connectivity index (χ1) is 7.75. The third kappa shape index (κ3) is 3.10. The van der Waals surface area contributed by atoms with Crippen LogP contribution in [-0.2, 0) is 6.42 Å². The Labute approximate surface area is 104 Å². The van der Waals surface area contributed by atoms with Crippen molar-refractivity contribution in [3.8, 4) is 9.88 Å². The van der Waals surface area contributed by atoms with Gasteiger partial charge in [-0.15, -0.1) is 22.7 Å². The van der Waals surface area contributed by atoms with E-state index in [4.69, 9.17) is 0 Å². The number of hydrogen-bond donors (Lipinski definition) is 1. The number of rotatable bonds is 5. The fourth-order valence-electron chi connectivity index (χ4n) is 1.35. The number of hydrogen-bond acceptors (Lipinski definition) is 5. The molecule has 0 bridgehead atoms. The predicted octanol–water partition coefficient (Wildman–Crippen LogP) is 2.81. The Bertz CT molecular complexity index is 420. The van der Waals surface area contributed by atoms with E-state index >= 15 is 0 Å². The fourth-order valence-corrected chi connectivity index (χ4v) is 2.89. The molecule has 0 atom stereocenters. The van der Waals surface area contributed by atoms with E-state index in [1.165, 1.54) is 5.69 Å². The molecule has 2 aromatic heterocycles. The number of nitrogens with zero attached hydrogens (tertiary/aromatic N) is 2. The van der Waals surface area contributed by atoms with Crippen molar-refractivity contribution >= 4 is 22.7 Å². The molecule has 5 heteroatoms. The van der Waals surface area contributed by atoms with Crippen molar-refractivity contribution in [3.63, 3.8) is 0 Å². The minimum Gasteiger partial charge on any atom is -0.314 e. The monoisotopic (exact) mass is 253 g/mol. The van der Waals surface area contributed by atoms with Crippen LogP contribution in [0.1, 0.15) is 19.5 Å². The smallest absolute Gasteiger partial charge is 0.135 e. The molecule has 0 spiro atoms. The highest BCUT2D eigenvalue weighted by molar-refractivity contribution is 7.19. The van der Waals surface area contributed by atoms with Gasteiger partial charge in [-0.25, -0.2) is 4.98 Å². The Kier molecular flexibility index (Phi) is 4.04. The summed E-state index contributed by atoms with van der Waals surface area (Å²) in [5.41, 5.74) is 3.01. The molecule has 0 aliphatic rings. The van der Waals surface area contributed by atoms with Crippen LogP contribution >= 0.6 is 22.7 Å². The average Bonchev–Trinajstić information content (AvgIpc) is 2.85. The second-order valence-electron chi connectivity index (χ2n) is 3.87. The molecule has 2 heterocycles. The zero-order valence-electron chi connectivity index (χ0n) is 9.43. The van der Waals surface area contributed by atoms with Crippen LogP contribution in [-0.4, -0.2) is 22.6 Å². The van der Waals surface area contributed by atoms with E-state index in [9.17, 15) is 0 Å². The minimum atomic E-state index is 0.541. The number of thiazole rings is 2. The molecule has 86 valence electrons. The molecule has 1 N–H and O–H groups in total. The Hall–Kier alpha value is -0.780. The van der Waals surface area contributed by atoms with Crippen molar-refractivity contribution in [2.24, 2.45) is 0 Å². The molecule has 0 saturated carbocycles. The predicted molar refractivity (Wildman–Crippen MR) is 70.1 cm³/mol. The maximum Gasteiger partial charge on any atom is 0.135 e. The van der Waals surface area contributed by atoms with Gasteiger partial charge >= 0.3 is 0 Å². The normalized spacial score (nSPS) is 11.2. The summed E-state index contributed by atoms with van der Waals surface area (Å²) in [5, 5.41) is 6.61. The van der Waals surface area contributed by atoms with Gasteiger partial charge in [0.05, 0.1) is 16.1 Å². The molecule has 0 unspecified atom stereocenters. The van der Waals surface area contributed by atoms with Crippen LogP contribution < -0.4 is 5.32 Å². The second kappa shape index (κ2) is 5.52. The third-order valence-electron chi connectivity index (χ3n) is 2.13. The van der Waals surface area contributed by atoms with Gasteiger partial charge in [0.15, 0.2) is 0 Å². The molecule has 0 radical (unpaired) electrons. The van der Waals surface area contributed by atoms with Gasteiger partial charge in [-0.2, -0.15) is 0 Å². The lowest BCUT2D eigenvalue weighted by molar-refractivity contribution is 0.588. The van der Waals surface area contributed by atoms with Gasteiger partial charge in [0, 0.05) is 30.6 Å². The molecule has 2 aromatic rings. The Morgan fingerprint density at radius 1 is 1.38 bits per heavy atom. The summed E-state index contributed by atoms with van der Waals surface area (Å²) in [6, 6.07) is 0.541. The van der Waals surface area contributed by atoms with Crippen LogP contribution in [0.3, 0.4) is 0 Å². The van der Waals surface area contributed by atoms with Crippen molar-refractivity contribution in [1.29, 1.82) is 0 Å². The van der Waals surface area contributed by atoms with E-state index in [0.717, 1.165) is 22.9 Å². The largest absolute Gasteiger partial charge is 0.314 e. The molecule has 0 amide bonds. The van der Waals surface area contributed by atoms with Gasteiger partial charge in [0.1, 0.15) is 5.01 Å². The summed E-state index contributed by atoms with van der Waals surface area (Å²) in [5.74, 6) is 0. The van der Waals surface area contributed by atoms with Gasteiger partial charge in [-0.3, -0.25) is 4.98 Å². The Morgan fingerprint density at radius 2 is 2.25 bits per heavy atom. The second-order valence-corrected chi connectivity index (χ2v) is 5.61. The summed E-state index contributed by atoms with van der Waals surface area (Å²) >= 11 is 3.34. The van der Waals surface area contributed by atoms with Crippen LogP contribution in [0, 0.1) is 0 Å². The van der Waals surface area contributed by atoms with Gasteiger partial charge < -0.3 is 5.32 Å². The summed E-state index contributed by atoms with van der Waals surface area (Å²) in [6.45, 7) is 5.30.